The van der Waals surface area contributed by atoms with Gasteiger partial charge in [0.25, 0.3) is 0 Å². The Morgan fingerprint density at radius 2 is 1.89 bits per heavy atom. The molecule has 2 nitrogen and oxygen atoms in total. The van der Waals surface area contributed by atoms with Crippen molar-refractivity contribution < 1.29 is 4.79 Å². The molecule has 0 unspecified atom stereocenters. The molecule has 0 saturated carbocycles. The number of hydrogen-bond acceptors (Lipinski definition) is 1. The van der Waals surface area contributed by atoms with E-state index in [0.29, 0.717) is 24.8 Å². The Morgan fingerprint density at radius 1 is 1.22 bits per heavy atom. The van der Waals surface area contributed by atoms with Crippen LogP contribution in [0.5, 0.6) is 0 Å². The number of hydrogen-bond donors (Lipinski definition) is 1. The van der Waals surface area contributed by atoms with Crippen LogP contribution in [-0.2, 0) is 11.3 Å². The lowest BCUT2D eigenvalue weighted by Gasteiger charge is -2.08. The van der Waals surface area contributed by atoms with Gasteiger partial charge >= 0.3 is 0 Å². The third-order valence-corrected chi connectivity index (χ3v) is 3.19. The largest absolute Gasteiger partial charge is 0.352 e. The topological polar surface area (TPSA) is 29.1 Å². The highest BCUT2D eigenvalue weighted by Gasteiger charge is 2.02. The molecule has 100 valence electrons. The first-order valence-corrected chi connectivity index (χ1v) is 7.08. The van der Waals surface area contributed by atoms with Crippen molar-refractivity contribution in [2.24, 2.45) is 0 Å². The van der Waals surface area contributed by atoms with Crippen molar-refractivity contribution in [2.45, 2.75) is 45.6 Å². The van der Waals surface area contributed by atoms with Gasteiger partial charge in [0.2, 0.25) is 5.91 Å². The first-order chi connectivity index (χ1) is 8.63. The maximum absolute atomic E-state index is 11.5. The van der Waals surface area contributed by atoms with Crippen LogP contribution in [0, 0.1) is 0 Å². The molecule has 0 radical (unpaired) electrons. The Labute approximate surface area is 115 Å². The maximum Gasteiger partial charge on any atom is 0.220 e. The monoisotopic (exact) mass is 267 g/mol. The quantitative estimate of drug-likeness (QED) is 0.590. The van der Waals surface area contributed by atoms with Crippen molar-refractivity contribution in [1.29, 1.82) is 0 Å². The second-order valence-corrected chi connectivity index (χ2v) is 5.20. The average molecular weight is 268 g/mol. The molecule has 0 spiro atoms. The number of nitrogens with one attached hydrogen (secondary N) is 1. The Bertz CT molecular complexity index is 359. The molecule has 18 heavy (non-hydrogen) atoms. The van der Waals surface area contributed by atoms with Gasteiger partial charge in [-0.15, -0.1) is 11.6 Å². The molecule has 0 aliphatic rings. The molecule has 0 fully saturated rings. The first-order valence-electron chi connectivity index (χ1n) is 6.55. The van der Waals surface area contributed by atoms with Crippen LogP contribution in [0.2, 0.25) is 0 Å². The van der Waals surface area contributed by atoms with E-state index in [0.717, 1.165) is 18.4 Å². The van der Waals surface area contributed by atoms with Crippen molar-refractivity contribution in [3.05, 3.63) is 35.4 Å². The van der Waals surface area contributed by atoms with Gasteiger partial charge in [-0.25, -0.2) is 0 Å². The predicted octanol–water partition coefficient (Wildman–Crippen LogP) is 3.84. The van der Waals surface area contributed by atoms with Crippen LogP contribution in [0.3, 0.4) is 0 Å². The lowest BCUT2D eigenvalue weighted by atomic mass is 10.0. The summed E-state index contributed by atoms with van der Waals surface area (Å²) in [5.74, 6) is 1.28. The summed E-state index contributed by atoms with van der Waals surface area (Å²) < 4.78 is 0. The molecule has 0 saturated heterocycles. The van der Waals surface area contributed by atoms with E-state index in [9.17, 15) is 4.79 Å². The van der Waals surface area contributed by atoms with Crippen LogP contribution in [0.1, 0.15) is 50.2 Å². The number of halogens is 1. The summed E-state index contributed by atoms with van der Waals surface area (Å²) in [6.07, 6.45) is 2.33. The zero-order valence-electron chi connectivity index (χ0n) is 11.2. The molecule has 1 N–H and O–H groups in total. The van der Waals surface area contributed by atoms with Gasteiger partial charge < -0.3 is 5.32 Å². The fourth-order valence-corrected chi connectivity index (χ4v) is 1.88. The van der Waals surface area contributed by atoms with Gasteiger partial charge in [0.1, 0.15) is 0 Å². The minimum atomic E-state index is 0.105. The van der Waals surface area contributed by atoms with E-state index in [1.165, 1.54) is 5.56 Å². The zero-order chi connectivity index (χ0) is 13.4. The van der Waals surface area contributed by atoms with Crippen molar-refractivity contribution in [2.75, 3.05) is 5.88 Å². The van der Waals surface area contributed by atoms with Gasteiger partial charge in [-0.3, -0.25) is 4.79 Å². The summed E-state index contributed by atoms with van der Waals surface area (Å²) in [5, 5.41) is 2.92. The zero-order valence-corrected chi connectivity index (χ0v) is 12.0. The summed E-state index contributed by atoms with van der Waals surface area (Å²) in [5.41, 5.74) is 2.47. The van der Waals surface area contributed by atoms with Crippen LogP contribution in [0.25, 0.3) is 0 Å². The molecular formula is C15H22ClNO. The summed E-state index contributed by atoms with van der Waals surface area (Å²) in [6, 6.07) is 8.40. The molecule has 0 aromatic heterocycles. The minimum Gasteiger partial charge on any atom is -0.352 e. The van der Waals surface area contributed by atoms with E-state index >= 15 is 0 Å². The van der Waals surface area contributed by atoms with Crippen LogP contribution >= 0.6 is 11.6 Å². The Hall–Kier alpha value is -1.02. The molecule has 0 aliphatic carbocycles. The molecular weight excluding hydrogens is 246 g/mol. The molecule has 0 aliphatic heterocycles. The van der Waals surface area contributed by atoms with E-state index in [-0.39, 0.29) is 5.91 Å². The van der Waals surface area contributed by atoms with Crippen molar-refractivity contribution >= 4 is 17.5 Å². The molecule has 1 aromatic carbocycles. The highest BCUT2D eigenvalue weighted by molar-refractivity contribution is 6.17. The Morgan fingerprint density at radius 3 is 2.44 bits per heavy atom. The molecule has 0 atom stereocenters. The first kappa shape index (κ1) is 15.0. The summed E-state index contributed by atoms with van der Waals surface area (Å²) in [6.45, 7) is 4.96. The molecule has 1 amide bonds. The molecule has 1 aromatic rings. The van der Waals surface area contributed by atoms with Gasteiger partial charge in [-0.05, 0) is 29.9 Å². The SMILES string of the molecule is CC(C)c1ccc(CNC(=O)CCCCCl)cc1. The third kappa shape index (κ3) is 5.54. The number of rotatable bonds is 7. The van der Waals surface area contributed by atoms with E-state index in [4.69, 9.17) is 11.6 Å². The number of unbranched alkanes of at least 4 members (excludes halogenated alkanes) is 1. The van der Waals surface area contributed by atoms with Crippen LogP contribution in [-0.4, -0.2) is 11.8 Å². The predicted molar refractivity (Wildman–Crippen MR) is 76.9 cm³/mol. The number of benzene rings is 1. The third-order valence-electron chi connectivity index (χ3n) is 2.92. The number of carbonyl (C=O) groups is 1. The van der Waals surface area contributed by atoms with Crippen LogP contribution < -0.4 is 5.32 Å². The Balaban J connectivity index is 2.32. The van der Waals surface area contributed by atoms with E-state index in [2.05, 4.69) is 43.4 Å². The fraction of sp³-hybridized carbons (Fsp3) is 0.533. The van der Waals surface area contributed by atoms with Gasteiger partial charge in [0.15, 0.2) is 0 Å². The highest BCUT2D eigenvalue weighted by atomic mass is 35.5. The summed E-state index contributed by atoms with van der Waals surface area (Å²) in [4.78, 5) is 11.5. The molecule has 3 heteroatoms. The van der Waals surface area contributed by atoms with Gasteiger partial charge in [-0.1, -0.05) is 38.1 Å². The van der Waals surface area contributed by atoms with Crippen molar-refractivity contribution in [3.8, 4) is 0 Å². The number of carbonyl (C=O) groups excluding carboxylic acids is 1. The van der Waals surface area contributed by atoms with E-state index in [1.807, 2.05) is 0 Å². The molecule has 1 rings (SSSR count). The lowest BCUT2D eigenvalue weighted by molar-refractivity contribution is -0.121. The van der Waals surface area contributed by atoms with E-state index in [1.54, 1.807) is 0 Å². The smallest absolute Gasteiger partial charge is 0.220 e. The highest BCUT2D eigenvalue weighted by Crippen LogP contribution is 2.14. The number of amides is 1. The molecule has 0 heterocycles. The van der Waals surface area contributed by atoms with Crippen molar-refractivity contribution in [3.63, 3.8) is 0 Å². The second-order valence-electron chi connectivity index (χ2n) is 4.82. The second kappa shape index (κ2) is 8.15. The Kier molecular flexibility index (Phi) is 6.81. The number of alkyl halides is 1. The van der Waals surface area contributed by atoms with Gasteiger partial charge in [0, 0.05) is 18.8 Å². The van der Waals surface area contributed by atoms with Crippen LogP contribution in [0.4, 0.5) is 0 Å². The van der Waals surface area contributed by atoms with Gasteiger partial charge in [0.05, 0.1) is 0 Å². The summed E-state index contributed by atoms with van der Waals surface area (Å²) >= 11 is 5.57. The normalized spacial score (nSPS) is 10.7. The van der Waals surface area contributed by atoms with Gasteiger partial charge in [-0.2, -0.15) is 0 Å². The minimum absolute atomic E-state index is 0.105. The average Bonchev–Trinajstić information content (AvgIpc) is 2.37. The molecule has 0 bridgehead atoms. The fourth-order valence-electron chi connectivity index (χ4n) is 1.69. The van der Waals surface area contributed by atoms with Crippen molar-refractivity contribution in [1.82, 2.24) is 5.32 Å². The van der Waals surface area contributed by atoms with E-state index < -0.39 is 0 Å². The van der Waals surface area contributed by atoms with Crippen LogP contribution in [0.15, 0.2) is 24.3 Å². The standard InChI is InChI=1S/C15H22ClNO/c1-12(2)14-8-6-13(7-9-14)11-17-15(18)5-3-4-10-16/h6-9,12H,3-5,10-11H2,1-2H3,(H,17,18). The summed E-state index contributed by atoms with van der Waals surface area (Å²) in [7, 11) is 0. The lowest BCUT2D eigenvalue weighted by Crippen LogP contribution is -2.22. The maximum atomic E-state index is 11.5.